The molecule has 262 valence electrons. The summed E-state index contributed by atoms with van der Waals surface area (Å²) in [5, 5.41) is 4.81. The Morgan fingerprint density at radius 1 is 0.393 bits per heavy atom. The Morgan fingerprint density at radius 3 is 1.89 bits per heavy atom. The molecule has 0 saturated heterocycles. The molecule has 0 amide bonds. The van der Waals surface area contributed by atoms with Gasteiger partial charge in [-0.2, -0.15) is 0 Å². The van der Waals surface area contributed by atoms with Crippen LogP contribution in [0.15, 0.2) is 193 Å². The second kappa shape index (κ2) is 13.3. The number of aromatic nitrogens is 3. The van der Waals surface area contributed by atoms with Crippen molar-refractivity contribution in [3.05, 3.63) is 188 Å². The predicted octanol–water partition coefficient (Wildman–Crippen LogP) is 14.1. The Hall–Kier alpha value is -7.21. The maximum atomic E-state index is 6.70. The summed E-state index contributed by atoms with van der Waals surface area (Å²) < 4.78 is 9.27. The minimum atomic E-state index is 0.675. The number of hydrogen-bond donors (Lipinski definition) is 0. The van der Waals surface area contributed by atoms with Crippen LogP contribution >= 0.6 is 11.3 Å². The Bertz CT molecular complexity index is 3240. The van der Waals surface area contributed by atoms with Gasteiger partial charge in [0, 0.05) is 65.0 Å². The van der Waals surface area contributed by atoms with Crippen LogP contribution in [-0.2, 0) is 0 Å². The zero-order chi connectivity index (χ0) is 37.0. The number of fused-ring (bicyclic) bond motifs is 6. The molecule has 7 aromatic carbocycles. The third-order valence-electron chi connectivity index (χ3n) is 10.6. The Labute approximate surface area is 327 Å². The van der Waals surface area contributed by atoms with Gasteiger partial charge in [0.1, 0.15) is 11.2 Å². The maximum Gasteiger partial charge on any atom is 0.160 e. The second-order valence-corrected chi connectivity index (χ2v) is 15.0. The van der Waals surface area contributed by atoms with Crippen LogP contribution in [0.5, 0.6) is 0 Å². The summed E-state index contributed by atoms with van der Waals surface area (Å²) >= 11 is 1.84. The third-order valence-corrected chi connectivity index (χ3v) is 11.7. The first-order chi connectivity index (χ1) is 27.7. The summed E-state index contributed by atoms with van der Waals surface area (Å²) in [6, 6.07) is 63.5. The van der Waals surface area contributed by atoms with Crippen molar-refractivity contribution in [3.63, 3.8) is 0 Å². The number of para-hydroxylation sites is 1. The largest absolute Gasteiger partial charge is 0.455 e. The van der Waals surface area contributed by atoms with E-state index in [0.29, 0.717) is 5.82 Å². The van der Waals surface area contributed by atoms with E-state index in [1.165, 1.54) is 20.2 Å². The van der Waals surface area contributed by atoms with Crippen LogP contribution < -0.4 is 0 Å². The van der Waals surface area contributed by atoms with Crippen molar-refractivity contribution in [1.29, 1.82) is 0 Å². The SMILES string of the molecule is c1ccc(-c2nc(-c3ccc(-c4ccc(-c5ccc6c(c5)sc5ccccc56)c5oc6ccccc6c45)cc3)cc(-c3ccccc3-c3ccccn3)n2)cc1. The van der Waals surface area contributed by atoms with Crippen LogP contribution in [0.4, 0.5) is 0 Å². The number of benzene rings is 7. The van der Waals surface area contributed by atoms with Crippen LogP contribution in [0, 0.1) is 0 Å². The van der Waals surface area contributed by atoms with Crippen LogP contribution in [0.3, 0.4) is 0 Å². The van der Waals surface area contributed by atoms with E-state index in [9.17, 15) is 0 Å². The molecule has 0 N–H and O–H groups in total. The first kappa shape index (κ1) is 32.2. The second-order valence-electron chi connectivity index (χ2n) is 13.9. The first-order valence-corrected chi connectivity index (χ1v) is 19.5. The van der Waals surface area contributed by atoms with Crippen molar-refractivity contribution >= 4 is 53.4 Å². The standard InChI is InChI=1S/C51H31N3OS/c1-2-12-34(13-3-1)51-53-44(31-45(54-51)39-15-5-4-14-38(39)43-18-10-11-29-52-43)33-23-21-32(22-24-33)36-27-28-37(50-49(36)42-17-6-8-19-46(42)55-50)35-25-26-41-40-16-7-9-20-47(40)56-48(41)30-35/h1-31H. The van der Waals surface area contributed by atoms with E-state index in [-0.39, 0.29) is 0 Å². The van der Waals surface area contributed by atoms with Gasteiger partial charge in [0.2, 0.25) is 0 Å². The van der Waals surface area contributed by atoms with Crippen LogP contribution in [0.2, 0.25) is 0 Å². The van der Waals surface area contributed by atoms with E-state index in [1.807, 2.05) is 66.1 Å². The lowest BCUT2D eigenvalue weighted by Gasteiger charge is -2.13. The highest BCUT2D eigenvalue weighted by Crippen LogP contribution is 2.44. The normalized spacial score (nSPS) is 11.6. The number of nitrogens with zero attached hydrogens (tertiary/aromatic N) is 3. The minimum Gasteiger partial charge on any atom is -0.455 e. The molecular weight excluding hydrogens is 703 g/mol. The van der Waals surface area contributed by atoms with Gasteiger partial charge in [0.25, 0.3) is 0 Å². The van der Waals surface area contributed by atoms with Gasteiger partial charge < -0.3 is 4.42 Å². The van der Waals surface area contributed by atoms with Crippen molar-refractivity contribution in [1.82, 2.24) is 15.0 Å². The minimum absolute atomic E-state index is 0.675. The Kier molecular flexibility index (Phi) is 7.64. The van der Waals surface area contributed by atoms with E-state index in [2.05, 4.69) is 138 Å². The molecule has 0 spiro atoms. The lowest BCUT2D eigenvalue weighted by molar-refractivity contribution is 0.670. The van der Waals surface area contributed by atoms with Crippen LogP contribution in [0.1, 0.15) is 0 Å². The summed E-state index contributed by atoms with van der Waals surface area (Å²) in [6.45, 7) is 0. The molecule has 0 radical (unpaired) electrons. The fourth-order valence-corrected chi connectivity index (χ4v) is 9.06. The monoisotopic (exact) mass is 733 g/mol. The number of thiophene rings is 1. The molecule has 0 atom stereocenters. The third kappa shape index (κ3) is 5.48. The molecule has 5 heteroatoms. The van der Waals surface area contributed by atoms with Crippen LogP contribution in [-0.4, -0.2) is 15.0 Å². The predicted molar refractivity (Wildman–Crippen MR) is 233 cm³/mol. The number of pyridine rings is 1. The van der Waals surface area contributed by atoms with E-state index in [1.54, 1.807) is 0 Å². The average Bonchev–Trinajstić information content (AvgIpc) is 3.85. The lowest BCUT2D eigenvalue weighted by atomic mass is 9.93. The quantitative estimate of drug-likeness (QED) is 0.171. The van der Waals surface area contributed by atoms with E-state index >= 15 is 0 Å². The fourth-order valence-electron chi connectivity index (χ4n) is 7.91. The summed E-state index contributed by atoms with van der Waals surface area (Å²) in [6.07, 6.45) is 1.83. The van der Waals surface area contributed by atoms with Crippen molar-refractivity contribution in [2.45, 2.75) is 0 Å². The van der Waals surface area contributed by atoms with Crippen molar-refractivity contribution in [2.75, 3.05) is 0 Å². The summed E-state index contributed by atoms with van der Waals surface area (Å²) in [5.41, 5.74) is 12.8. The fraction of sp³-hybridized carbons (Fsp3) is 0. The molecular formula is C51H31N3OS. The van der Waals surface area contributed by atoms with Gasteiger partial charge in [-0.05, 0) is 59.2 Å². The summed E-state index contributed by atoms with van der Waals surface area (Å²) in [4.78, 5) is 14.9. The first-order valence-electron chi connectivity index (χ1n) is 18.7. The topological polar surface area (TPSA) is 51.8 Å². The number of hydrogen-bond acceptors (Lipinski definition) is 5. The highest BCUT2D eigenvalue weighted by atomic mass is 32.1. The van der Waals surface area contributed by atoms with E-state index in [4.69, 9.17) is 14.4 Å². The zero-order valence-corrected chi connectivity index (χ0v) is 30.9. The molecule has 0 unspecified atom stereocenters. The molecule has 56 heavy (non-hydrogen) atoms. The molecule has 0 bridgehead atoms. The van der Waals surface area contributed by atoms with Gasteiger partial charge in [-0.1, -0.05) is 140 Å². The zero-order valence-electron chi connectivity index (χ0n) is 30.1. The van der Waals surface area contributed by atoms with Gasteiger partial charge in [0.15, 0.2) is 5.82 Å². The number of furan rings is 1. The van der Waals surface area contributed by atoms with E-state index < -0.39 is 0 Å². The Morgan fingerprint density at radius 2 is 1.05 bits per heavy atom. The molecule has 0 aliphatic carbocycles. The molecule has 4 heterocycles. The van der Waals surface area contributed by atoms with Crippen molar-refractivity contribution < 1.29 is 4.42 Å². The molecule has 0 fully saturated rings. The Balaban J connectivity index is 1.03. The van der Waals surface area contributed by atoms with Crippen LogP contribution in [0.25, 0.3) is 110 Å². The molecule has 11 aromatic rings. The highest BCUT2D eigenvalue weighted by molar-refractivity contribution is 7.25. The molecule has 0 aliphatic rings. The summed E-state index contributed by atoms with van der Waals surface area (Å²) in [5.74, 6) is 0.675. The van der Waals surface area contributed by atoms with Gasteiger partial charge in [-0.3, -0.25) is 4.98 Å². The molecule has 0 saturated carbocycles. The summed E-state index contributed by atoms with van der Waals surface area (Å²) in [7, 11) is 0. The molecule has 4 nitrogen and oxygen atoms in total. The molecule has 11 rings (SSSR count). The average molecular weight is 734 g/mol. The lowest BCUT2D eigenvalue weighted by Crippen LogP contribution is -1.97. The highest BCUT2D eigenvalue weighted by Gasteiger charge is 2.19. The van der Waals surface area contributed by atoms with Crippen molar-refractivity contribution in [2.24, 2.45) is 0 Å². The molecule has 4 aromatic heterocycles. The van der Waals surface area contributed by atoms with Gasteiger partial charge in [0.05, 0.1) is 17.1 Å². The van der Waals surface area contributed by atoms with E-state index in [0.717, 1.165) is 83.5 Å². The van der Waals surface area contributed by atoms with Gasteiger partial charge in [-0.15, -0.1) is 11.3 Å². The molecule has 0 aliphatic heterocycles. The van der Waals surface area contributed by atoms with Gasteiger partial charge in [-0.25, -0.2) is 9.97 Å². The van der Waals surface area contributed by atoms with Crippen molar-refractivity contribution in [3.8, 4) is 67.4 Å². The maximum absolute atomic E-state index is 6.70. The number of rotatable bonds is 6. The smallest absolute Gasteiger partial charge is 0.160 e. The van der Waals surface area contributed by atoms with Gasteiger partial charge >= 0.3 is 0 Å².